The van der Waals surface area contributed by atoms with Crippen LogP contribution in [0.4, 0.5) is 0 Å². The summed E-state index contributed by atoms with van der Waals surface area (Å²) < 4.78 is 30.9. The third-order valence-corrected chi connectivity index (χ3v) is 4.68. The van der Waals surface area contributed by atoms with Crippen molar-refractivity contribution in [3.8, 4) is 5.75 Å². The minimum absolute atomic E-state index is 0.0866. The molecule has 6 nitrogen and oxygen atoms in total. The molecule has 0 spiro atoms. The molecule has 0 atom stereocenters. The van der Waals surface area contributed by atoms with Gasteiger partial charge in [-0.15, -0.1) is 6.58 Å². The molecule has 0 radical (unpaired) electrons. The molecule has 0 aliphatic carbocycles. The molecular formula is C13H17ClN2O4S. The van der Waals surface area contributed by atoms with Gasteiger partial charge in [-0.2, -0.15) is 4.31 Å². The van der Waals surface area contributed by atoms with Crippen LogP contribution >= 0.6 is 11.6 Å². The molecule has 1 aromatic rings. The van der Waals surface area contributed by atoms with E-state index in [4.69, 9.17) is 16.3 Å². The quantitative estimate of drug-likeness (QED) is 0.763. The summed E-state index contributed by atoms with van der Waals surface area (Å²) in [6.07, 6.45) is 1.51. The summed E-state index contributed by atoms with van der Waals surface area (Å²) in [7, 11) is -1.22. The van der Waals surface area contributed by atoms with Crippen molar-refractivity contribution in [2.45, 2.75) is 4.90 Å². The molecule has 1 rings (SSSR count). The Balaban J connectivity index is 3.02. The highest BCUT2D eigenvalue weighted by molar-refractivity contribution is 7.89. The van der Waals surface area contributed by atoms with E-state index in [-0.39, 0.29) is 28.8 Å². The second kappa shape index (κ2) is 7.44. The number of rotatable bonds is 7. The monoisotopic (exact) mass is 332 g/mol. The maximum atomic E-state index is 12.5. The van der Waals surface area contributed by atoms with Crippen molar-refractivity contribution in [3.05, 3.63) is 35.9 Å². The fourth-order valence-corrected chi connectivity index (χ4v) is 3.09. The van der Waals surface area contributed by atoms with E-state index >= 15 is 0 Å². The SMILES string of the molecule is C=CCNC(=O)CN(C)S(=O)(=O)c1cc(Cl)ccc1OC. The van der Waals surface area contributed by atoms with Crippen molar-refractivity contribution in [3.63, 3.8) is 0 Å². The minimum atomic E-state index is -3.89. The van der Waals surface area contributed by atoms with Gasteiger partial charge in [-0.05, 0) is 18.2 Å². The van der Waals surface area contributed by atoms with E-state index in [0.717, 1.165) is 4.31 Å². The average Bonchev–Trinajstić information content (AvgIpc) is 2.44. The van der Waals surface area contributed by atoms with Gasteiger partial charge in [0, 0.05) is 18.6 Å². The molecule has 21 heavy (non-hydrogen) atoms. The van der Waals surface area contributed by atoms with Gasteiger partial charge < -0.3 is 10.1 Å². The smallest absolute Gasteiger partial charge is 0.247 e. The number of amides is 1. The molecule has 0 aliphatic rings. The first-order valence-corrected chi connectivity index (χ1v) is 7.82. The maximum absolute atomic E-state index is 12.5. The van der Waals surface area contributed by atoms with Crippen LogP contribution in [0.15, 0.2) is 35.7 Å². The number of carbonyl (C=O) groups excluding carboxylic acids is 1. The van der Waals surface area contributed by atoms with Crippen LogP contribution in [0.25, 0.3) is 0 Å². The minimum Gasteiger partial charge on any atom is -0.495 e. The van der Waals surface area contributed by atoms with Gasteiger partial charge in [-0.25, -0.2) is 8.42 Å². The Hall–Kier alpha value is -1.57. The summed E-state index contributed by atoms with van der Waals surface area (Å²) in [5.74, 6) is -0.264. The zero-order valence-electron chi connectivity index (χ0n) is 11.8. The Bertz CT molecular complexity index is 631. The second-order valence-corrected chi connectivity index (χ2v) is 6.60. The number of sulfonamides is 1. The van der Waals surface area contributed by atoms with E-state index in [9.17, 15) is 13.2 Å². The van der Waals surface area contributed by atoms with Crippen LogP contribution in [-0.2, 0) is 14.8 Å². The molecule has 0 saturated carbocycles. The Morgan fingerprint density at radius 3 is 2.76 bits per heavy atom. The van der Waals surface area contributed by atoms with Crippen LogP contribution in [-0.4, -0.2) is 45.9 Å². The first-order valence-electron chi connectivity index (χ1n) is 6.00. The van der Waals surface area contributed by atoms with Crippen LogP contribution in [0.1, 0.15) is 0 Å². The molecule has 0 saturated heterocycles. The Labute approximate surface area is 129 Å². The molecule has 8 heteroatoms. The lowest BCUT2D eigenvalue weighted by Gasteiger charge is -2.18. The van der Waals surface area contributed by atoms with E-state index in [1.807, 2.05) is 0 Å². The summed E-state index contributed by atoms with van der Waals surface area (Å²) in [5, 5.41) is 2.77. The Kier molecular flexibility index (Phi) is 6.19. The van der Waals surface area contributed by atoms with Gasteiger partial charge >= 0.3 is 0 Å². The van der Waals surface area contributed by atoms with E-state index in [2.05, 4.69) is 11.9 Å². The van der Waals surface area contributed by atoms with Gasteiger partial charge in [0.25, 0.3) is 0 Å². The summed E-state index contributed by atoms with van der Waals surface area (Å²) in [4.78, 5) is 11.5. The van der Waals surface area contributed by atoms with E-state index in [0.29, 0.717) is 0 Å². The number of carbonyl (C=O) groups is 1. The van der Waals surface area contributed by atoms with Crippen LogP contribution in [0.2, 0.25) is 5.02 Å². The molecule has 0 bridgehead atoms. The molecule has 1 amide bonds. The lowest BCUT2D eigenvalue weighted by atomic mass is 10.3. The topological polar surface area (TPSA) is 75.7 Å². The Morgan fingerprint density at radius 2 is 2.19 bits per heavy atom. The molecule has 1 N–H and O–H groups in total. The van der Waals surface area contributed by atoms with Crippen molar-refractivity contribution in [1.29, 1.82) is 0 Å². The van der Waals surface area contributed by atoms with Gasteiger partial charge in [0.1, 0.15) is 10.6 Å². The lowest BCUT2D eigenvalue weighted by Crippen LogP contribution is -2.38. The number of halogens is 1. The number of hydrogen-bond donors (Lipinski definition) is 1. The molecule has 0 aromatic heterocycles. The molecule has 0 fully saturated rings. The maximum Gasteiger partial charge on any atom is 0.247 e. The van der Waals surface area contributed by atoms with Gasteiger partial charge in [-0.1, -0.05) is 17.7 Å². The predicted octanol–water partition coefficient (Wildman–Crippen LogP) is 1.27. The van der Waals surface area contributed by atoms with Gasteiger partial charge in [0.05, 0.1) is 13.7 Å². The van der Waals surface area contributed by atoms with Gasteiger partial charge in [0.2, 0.25) is 15.9 Å². The highest BCUT2D eigenvalue weighted by Gasteiger charge is 2.26. The third-order valence-electron chi connectivity index (χ3n) is 2.62. The number of ether oxygens (including phenoxy) is 1. The molecule has 116 valence electrons. The second-order valence-electron chi connectivity index (χ2n) is 4.15. The fraction of sp³-hybridized carbons (Fsp3) is 0.308. The molecular weight excluding hydrogens is 316 g/mol. The van der Waals surface area contributed by atoms with Crippen molar-refractivity contribution < 1.29 is 17.9 Å². The fourth-order valence-electron chi connectivity index (χ4n) is 1.55. The predicted molar refractivity (Wildman–Crippen MR) is 81.0 cm³/mol. The number of methoxy groups -OCH3 is 1. The number of nitrogens with zero attached hydrogens (tertiary/aromatic N) is 1. The molecule has 0 unspecified atom stereocenters. The van der Waals surface area contributed by atoms with Crippen molar-refractivity contribution in [2.24, 2.45) is 0 Å². The summed E-state index contributed by atoms with van der Waals surface area (Å²) in [5.41, 5.74) is 0. The zero-order chi connectivity index (χ0) is 16.0. The summed E-state index contributed by atoms with van der Waals surface area (Å²) in [6, 6.07) is 4.27. The number of nitrogens with one attached hydrogen (secondary N) is 1. The van der Waals surface area contributed by atoms with Gasteiger partial charge in [0.15, 0.2) is 0 Å². The van der Waals surface area contributed by atoms with Crippen LogP contribution in [0.5, 0.6) is 5.75 Å². The highest BCUT2D eigenvalue weighted by Crippen LogP contribution is 2.28. The third kappa shape index (κ3) is 4.45. The van der Waals surface area contributed by atoms with Crippen molar-refractivity contribution >= 4 is 27.5 Å². The highest BCUT2D eigenvalue weighted by atomic mass is 35.5. The van der Waals surface area contributed by atoms with Crippen molar-refractivity contribution in [1.82, 2.24) is 9.62 Å². The molecule has 1 aromatic carbocycles. The van der Waals surface area contributed by atoms with E-state index < -0.39 is 15.9 Å². The lowest BCUT2D eigenvalue weighted by molar-refractivity contribution is -0.120. The standard InChI is InChI=1S/C13H17ClN2O4S/c1-4-7-15-13(17)9-16(2)21(18,19)12-8-10(14)5-6-11(12)20-3/h4-6,8H,1,7,9H2,2-3H3,(H,15,17). The van der Waals surface area contributed by atoms with Crippen LogP contribution in [0, 0.1) is 0 Å². The molecule has 0 heterocycles. The summed E-state index contributed by atoms with van der Waals surface area (Å²) >= 11 is 5.83. The zero-order valence-corrected chi connectivity index (χ0v) is 13.4. The van der Waals surface area contributed by atoms with Crippen LogP contribution in [0.3, 0.4) is 0 Å². The molecule has 0 aliphatic heterocycles. The number of likely N-dealkylation sites (N-methyl/N-ethyl adjacent to an activating group) is 1. The van der Waals surface area contributed by atoms with Gasteiger partial charge in [-0.3, -0.25) is 4.79 Å². The first-order chi connectivity index (χ1) is 9.82. The van der Waals surface area contributed by atoms with Crippen LogP contribution < -0.4 is 10.1 Å². The van der Waals surface area contributed by atoms with E-state index in [1.165, 1.54) is 38.4 Å². The largest absolute Gasteiger partial charge is 0.495 e. The number of hydrogen-bond acceptors (Lipinski definition) is 4. The average molecular weight is 333 g/mol. The summed E-state index contributed by atoms with van der Waals surface area (Å²) in [6.45, 7) is 3.42. The Morgan fingerprint density at radius 1 is 1.52 bits per heavy atom. The van der Waals surface area contributed by atoms with Crippen molar-refractivity contribution in [2.75, 3.05) is 27.2 Å². The first kappa shape index (κ1) is 17.5. The van der Waals surface area contributed by atoms with E-state index in [1.54, 1.807) is 0 Å². The number of benzene rings is 1. The normalized spacial score (nSPS) is 11.2.